The number of nitrogens with one attached hydrogen (secondary N) is 1. The fraction of sp³-hybridized carbons (Fsp3) is 0.231. The van der Waals surface area contributed by atoms with E-state index in [0.29, 0.717) is 11.2 Å². The maximum atomic E-state index is 5.93. The van der Waals surface area contributed by atoms with Crippen LogP contribution >= 0.6 is 11.6 Å². The second-order valence-corrected chi connectivity index (χ2v) is 4.82. The lowest BCUT2D eigenvalue weighted by molar-refractivity contribution is 0.876. The van der Waals surface area contributed by atoms with Crippen LogP contribution in [0.15, 0.2) is 24.5 Å². The molecule has 0 spiro atoms. The average molecular weight is 246 g/mol. The molecule has 0 atom stereocenters. The van der Waals surface area contributed by atoms with Crippen LogP contribution in [-0.2, 0) is 0 Å². The van der Waals surface area contributed by atoms with Gasteiger partial charge in [0.1, 0.15) is 0 Å². The molecule has 0 fully saturated rings. The lowest BCUT2D eigenvalue weighted by atomic mass is 10.0. The van der Waals surface area contributed by atoms with E-state index in [0.717, 1.165) is 21.8 Å². The monoisotopic (exact) mass is 245 g/mol. The van der Waals surface area contributed by atoms with Gasteiger partial charge >= 0.3 is 0 Å². The Hall–Kier alpha value is -1.61. The minimum Gasteiger partial charge on any atom is -0.329 e. The van der Waals surface area contributed by atoms with Gasteiger partial charge in [-0.2, -0.15) is 0 Å². The van der Waals surface area contributed by atoms with Gasteiger partial charge in [-0.1, -0.05) is 13.8 Å². The molecule has 0 aliphatic heterocycles. The highest BCUT2D eigenvalue weighted by molar-refractivity contribution is 6.28. The van der Waals surface area contributed by atoms with Gasteiger partial charge in [-0.3, -0.25) is 4.98 Å². The number of rotatable bonds is 1. The Kier molecular flexibility index (Phi) is 2.30. The van der Waals surface area contributed by atoms with Crippen molar-refractivity contribution in [2.45, 2.75) is 19.8 Å². The molecule has 0 saturated heterocycles. The second kappa shape index (κ2) is 3.70. The molecule has 17 heavy (non-hydrogen) atoms. The summed E-state index contributed by atoms with van der Waals surface area (Å²) >= 11 is 5.93. The van der Waals surface area contributed by atoms with Crippen molar-refractivity contribution in [3.63, 3.8) is 0 Å². The zero-order valence-corrected chi connectivity index (χ0v) is 10.4. The fourth-order valence-corrected chi connectivity index (χ4v) is 2.30. The van der Waals surface area contributed by atoms with E-state index >= 15 is 0 Å². The van der Waals surface area contributed by atoms with E-state index in [1.807, 2.05) is 18.3 Å². The van der Waals surface area contributed by atoms with E-state index in [2.05, 4.69) is 28.8 Å². The summed E-state index contributed by atoms with van der Waals surface area (Å²) in [6, 6.07) is 4.03. The lowest BCUT2D eigenvalue weighted by Crippen LogP contribution is -1.89. The van der Waals surface area contributed by atoms with Crippen LogP contribution in [0, 0.1) is 0 Å². The number of fused-ring (bicyclic) bond motifs is 3. The summed E-state index contributed by atoms with van der Waals surface area (Å²) in [5, 5.41) is 2.61. The van der Waals surface area contributed by atoms with Crippen molar-refractivity contribution in [3.05, 3.63) is 35.4 Å². The Morgan fingerprint density at radius 1 is 1.18 bits per heavy atom. The Morgan fingerprint density at radius 3 is 2.76 bits per heavy atom. The lowest BCUT2D eigenvalue weighted by Gasteiger charge is -2.06. The molecule has 0 radical (unpaired) electrons. The molecule has 0 bridgehead atoms. The average Bonchev–Trinajstić information content (AvgIpc) is 2.73. The predicted molar refractivity (Wildman–Crippen MR) is 70.5 cm³/mol. The third kappa shape index (κ3) is 1.58. The third-order valence-corrected chi connectivity index (χ3v) is 3.21. The van der Waals surface area contributed by atoms with Gasteiger partial charge in [0.05, 0.1) is 11.0 Å². The first-order valence-electron chi connectivity index (χ1n) is 5.58. The standard InChI is InChI=1S/C13H12ClN3/c1-7(2)9-6-15-10-4-3-8-5-16-13(14)17-12(8)11(9)10/h3-7H,1-2H3,(H,16,17). The number of benzene rings is 1. The fourth-order valence-electron chi connectivity index (χ4n) is 2.15. The van der Waals surface area contributed by atoms with Crippen molar-refractivity contribution in [1.29, 1.82) is 0 Å². The van der Waals surface area contributed by atoms with Gasteiger partial charge < -0.3 is 4.98 Å². The van der Waals surface area contributed by atoms with Crippen LogP contribution in [-0.4, -0.2) is 15.0 Å². The molecule has 4 heteroatoms. The molecule has 2 heterocycles. The Morgan fingerprint density at radius 2 is 2.00 bits per heavy atom. The summed E-state index contributed by atoms with van der Waals surface area (Å²) in [4.78, 5) is 11.6. The van der Waals surface area contributed by atoms with Crippen LogP contribution in [0.5, 0.6) is 0 Å². The second-order valence-electron chi connectivity index (χ2n) is 4.47. The summed E-state index contributed by atoms with van der Waals surface area (Å²) in [5.74, 6) is 0.436. The molecule has 3 nitrogen and oxygen atoms in total. The summed E-state index contributed by atoms with van der Waals surface area (Å²) in [5.41, 5.74) is 3.26. The van der Waals surface area contributed by atoms with Crippen molar-refractivity contribution in [3.8, 4) is 0 Å². The summed E-state index contributed by atoms with van der Waals surface area (Å²) < 4.78 is 0. The van der Waals surface area contributed by atoms with Gasteiger partial charge in [0.15, 0.2) is 5.28 Å². The molecule has 3 aromatic rings. The summed E-state index contributed by atoms with van der Waals surface area (Å²) in [7, 11) is 0. The Labute approximate surface area is 104 Å². The molecule has 0 aliphatic rings. The highest BCUT2D eigenvalue weighted by Gasteiger charge is 2.12. The normalized spacial score (nSPS) is 11.8. The largest absolute Gasteiger partial charge is 0.329 e. The first kappa shape index (κ1) is 10.5. The molecule has 0 saturated carbocycles. The van der Waals surface area contributed by atoms with Crippen LogP contribution in [0.3, 0.4) is 0 Å². The minimum absolute atomic E-state index is 0.404. The quantitative estimate of drug-likeness (QED) is 0.661. The summed E-state index contributed by atoms with van der Waals surface area (Å²) in [6.07, 6.45) is 3.72. The van der Waals surface area contributed by atoms with Crippen molar-refractivity contribution in [1.82, 2.24) is 15.0 Å². The molecule has 86 valence electrons. The first-order chi connectivity index (χ1) is 8.16. The minimum atomic E-state index is 0.404. The molecular weight excluding hydrogens is 234 g/mol. The number of hydrogen-bond donors (Lipinski definition) is 1. The van der Waals surface area contributed by atoms with Crippen LogP contribution < -0.4 is 0 Å². The van der Waals surface area contributed by atoms with Gasteiger partial charge in [-0.05, 0) is 35.2 Å². The van der Waals surface area contributed by atoms with Crippen LogP contribution in [0.1, 0.15) is 25.3 Å². The summed E-state index contributed by atoms with van der Waals surface area (Å²) in [6.45, 7) is 4.33. The number of aromatic nitrogens is 3. The van der Waals surface area contributed by atoms with Crippen LogP contribution in [0.2, 0.25) is 5.28 Å². The predicted octanol–water partition coefficient (Wildman–Crippen LogP) is 3.89. The first-order valence-corrected chi connectivity index (χ1v) is 5.96. The van der Waals surface area contributed by atoms with E-state index in [9.17, 15) is 0 Å². The van der Waals surface area contributed by atoms with Gasteiger partial charge in [0, 0.05) is 23.2 Å². The molecule has 2 aromatic heterocycles. The maximum Gasteiger partial charge on any atom is 0.200 e. The van der Waals surface area contributed by atoms with Gasteiger partial charge in [-0.25, -0.2) is 4.98 Å². The van der Waals surface area contributed by atoms with Crippen molar-refractivity contribution in [2.24, 2.45) is 0 Å². The number of nitrogens with zero attached hydrogens (tertiary/aromatic N) is 2. The maximum absolute atomic E-state index is 5.93. The van der Waals surface area contributed by atoms with E-state index in [1.54, 1.807) is 6.20 Å². The molecule has 1 N–H and O–H groups in total. The number of H-pyrrole nitrogens is 1. The molecule has 0 amide bonds. The zero-order chi connectivity index (χ0) is 12.0. The molecule has 0 aliphatic carbocycles. The van der Waals surface area contributed by atoms with Gasteiger partial charge in [0.2, 0.25) is 0 Å². The topological polar surface area (TPSA) is 41.6 Å². The molecule has 0 unspecified atom stereocenters. The van der Waals surface area contributed by atoms with Crippen molar-refractivity contribution >= 4 is 33.4 Å². The number of hydrogen-bond acceptors (Lipinski definition) is 2. The molecule has 1 aromatic carbocycles. The van der Waals surface area contributed by atoms with Gasteiger partial charge in [-0.15, -0.1) is 0 Å². The zero-order valence-electron chi connectivity index (χ0n) is 9.66. The SMILES string of the molecule is CC(C)c1cnc2ccc3cnc(Cl)[nH]c3c12. The van der Waals surface area contributed by atoms with E-state index in [1.165, 1.54) is 5.56 Å². The highest BCUT2D eigenvalue weighted by Crippen LogP contribution is 2.30. The van der Waals surface area contributed by atoms with E-state index in [-0.39, 0.29) is 0 Å². The molecular formula is C13H12ClN3. The third-order valence-electron chi connectivity index (χ3n) is 3.01. The smallest absolute Gasteiger partial charge is 0.200 e. The van der Waals surface area contributed by atoms with Crippen molar-refractivity contribution < 1.29 is 0 Å². The highest BCUT2D eigenvalue weighted by atomic mass is 35.5. The number of halogens is 1. The van der Waals surface area contributed by atoms with Gasteiger partial charge in [0.25, 0.3) is 0 Å². The number of aromatic amines is 1. The van der Waals surface area contributed by atoms with Crippen molar-refractivity contribution in [2.75, 3.05) is 0 Å². The van der Waals surface area contributed by atoms with Crippen LogP contribution in [0.25, 0.3) is 21.8 Å². The van der Waals surface area contributed by atoms with E-state index < -0.39 is 0 Å². The van der Waals surface area contributed by atoms with E-state index in [4.69, 9.17) is 11.6 Å². The Balaban J connectivity index is 2.51. The van der Waals surface area contributed by atoms with Crippen LogP contribution in [0.4, 0.5) is 0 Å². The molecule has 3 rings (SSSR count). The Bertz CT molecular complexity index is 700.